The highest BCUT2D eigenvalue weighted by Gasteiger charge is 2.43. The van der Waals surface area contributed by atoms with Gasteiger partial charge in [0.1, 0.15) is 5.70 Å². The Bertz CT molecular complexity index is 150. The summed E-state index contributed by atoms with van der Waals surface area (Å²) in [6, 6.07) is 0. The monoisotopic (exact) mass is 230 g/mol. The first kappa shape index (κ1) is 17.7. The lowest BCUT2D eigenvalue weighted by Gasteiger charge is -2.13. The van der Waals surface area contributed by atoms with Gasteiger partial charge in [0.15, 0.2) is 0 Å². The molecule has 0 aromatic carbocycles. The van der Waals surface area contributed by atoms with Crippen molar-refractivity contribution in [1.82, 2.24) is 0 Å². The fourth-order valence-corrected chi connectivity index (χ4v) is 0.237. The van der Waals surface area contributed by atoms with E-state index in [9.17, 15) is 17.6 Å². The molecule has 0 aromatic rings. The molecule has 0 fully saturated rings. The molecule has 0 rings (SSSR count). The summed E-state index contributed by atoms with van der Waals surface area (Å²) in [6.45, 7) is 0. The zero-order chi connectivity index (χ0) is 8.36. The Kier molecular flexibility index (Phi) is 9.10. The third kappa shape index (κ3) is 3.87. The van der Waals surface area contributed by atoms with Gasteiger partial charge >= 0.3 is 12.3 Å². The Morgan fingerprint density at radius 2 is 1.58 bits per heavy atom. The third-order valence-corrected chi connectivity index (χ3v) is 0.839. The average Bonchev–Trinajstić information content (AvgIpc) is 1.86. The van der Waals surface area contributed by atoms with Gasteiger partial charge in [-0.1, -0.05) is 0 Å². The molecular weight excluding hydrogens is 223 g/mol. The van der Waals surface area contributed by atoms with Gasteiger partial charge in [-0.2, -0.15) is 8.78 Å². The van der Waals surface area contributed by atoms with E-state index in [1.165, 1.54) is 0 Å². The van der Waals surface area contributed by atoms with Crippen LogP contribution < -0.4 is 11.5 Å². The highest BCUT2D eigenvalue weighted by molar-refractivity contribution is 5.85. The average molecular weight is 231 g/mol. The summed E-state index contributed by atoms with van der Waals surface area (Å²) in [4.78, 5) is 0. The maximum absolute atomic E-state index is 11.9. The van der Waals surface area contributed by atoms with Crippen LogP contribution in [0.15, 0.2) is 11.9 Å². The summed E-state index contributed by atoms with van der Waals surface area (Å²) >= 11 is 0. The Labute approximate surface area is 78.8 Å². The smallest absolute Gasteiger partial charge is 0.347 e. The number of nitrogens with two attached hydrogens (primary N) is 2. The molecule has 0 aliphatic carbocycles. The van der Waals surface area contributed by atoms with Crippen molar-refractivity contribution in [3.63, 3.8) is 0 Å². The number of allylic oxidation sites excluding steroid dienone is 1. The molecule has 0 radical (unpaired) electrons. The number of alkyl halides is 4. The zero-order valence-electron chi connectivity index (χ0n) is 5.64. The van der Waals surface area contributed by atoms with Gasteiger partial charge < -0.3 is 11.5 Å². The van der Waals surface area contributed by atoms with Crippen LogP contribution in [0.1, 0.15) is 0 Å². The van der Waals surface area contributed by atoms with Crippen molar-refractivity contribution in [1.29, 1.82) is 0 Å². The minimum Gasteiger partial charge on any atom is -0.403 e. The molecule has 8 heteroatoms. The number of hydrogen-bond acceptors (Lipinski definition) is 2. The molecule has 0 saturated carbocycles. The highest BCUT2D eigenvalue weighted by Crippen LogP contribution is 2.27. The molecule has 2 nitrogen and oxygen atoms in total. The molecular formula is C4H8Cl2F4N2. The second-order valence-corrected chi connectivity index (χ2v) is 1.55. The zero-order valence-corrected chi connectivity index (χ0v) is 7.27. The Hall–Kier alpha value is -0.360. The highest BCUT2D eigenvalue weighted by atomic mass is 35.5. The summed E-state index contributed by atoms with van der Waals surface area (Å²) < 4.78 is 46.5. The van der Waals surface area contributed by atoms with E-state index in [0.29, 0.717) is 0 Å². The quantitative estimate of drug-likeness (QED) is 0.707. The molecule has 0 bridgehead atoms. The van der Waals surface area contributed by atoms with E-state index in [-0.39, 0.29) is 31.0 Å². The largest absolute Gasteiger partial charge is 0.403 e. The lowest BCUT2D eigenvalue weighted by Crippen LogP contribution is -2.33. The van der Waals surface area contributed by atoms with Crippen LogP contribution in [0.3, 0.4) is 0 Å². The van der Waals surface area contributed by atoms with E-state index in [1.54, 1.807) is 0 Å². The van der Waals surface area contributed by atoms with Crippen LogP contribution in [0.5, 0.6) is 0 Å². The van der Waals surface area contributed by atoms with Crippen LogP contribution in [0, 0.1) is 0 Å². The molecule has 0 spiro atoms. The van der Waals surface area contributed by atoms with Crippen LogP contribution >= 0.6 is 24.8 Å². The molecule has 0 amide bonds. The fourth-order valence-electron chi connectivity index (χ4n) is 0.237. The van der Waals surface area contributed by atoms with Gasteiger partial charge in [0.05, 0.1) is 0 Å². The van der Waals surface area contributed by atoms with E-state index >= 15 is 0 Å². The van der Waals surface area contributed by atoms with Crippen molar-refractivity contribution in [3.8, 4) is 0 Å². The summed E-state index contributed by atoms with van der Waals surface area (Å²) in [5.74, 6) is -4.31. The maximum Gasteiger partial charge on any atom is 0.347 e. The van der Waals surface area contributed by atoms with Crippen molar-refractivity contribution in [2.24, 2.45) is 11.5 Å². The van der Waals surface area contributed by atoms with E-state index < -0.39 is 18.0 Å². The van der Waals surface area contributed by atoms with Crippen LogP contribution in [0.2, 0.25) is 0 Å². The van der Waals surface area contributed by atoms with Gasteiger partial charge in [-0.05, 0) is 0 Å². The Morgan fingerprint density at radius 3 is 1.67 bits per heavy atom. The second kappa shape index (κ2) is 6.19. The predicted molar refractivity (Wildman–Crippen MR) is 41.9 cm³/mol. The van der Waals surface area contributed by atoms with E-state index in [2.05, 4.69) is 11.5 Å². The topological polar surface area (TPSA) is 52.0 Å². The molecule has 0 aliphatic heterocycles. The van der Waals surface area contributed by atoms with Gasteiger partial charge in [-0.15, -0.1) is 24.8 Å². The van der Waals surface area contributed by atoms with Crippen molar-refractivity contribution < 1.29 is 17.6 Å². The van der Waals surface area contributed by atoms with Crippen LogP contribution in [-0.4, -0.2) is 12.3 Å². The maximum atomic E-state index is 11.9. The first-order chi connectivity index (χ1) is 4.42. The van der Waals surface area contributed by atoms with Crippen molar-refractivity contribution in [2.75, 3.05) is 0 Å². The normalized spacial score (nSPS) is 11.9. The first-order valence-electron chi connectivity index (χ1n) is 2.26. The number of halogens is 6. The van der Waals surface area contributed by atoms with E-state index in [4.69, 9.17) is 0 Å². The summed E-state index contributed by atoms with van der Waals surface area (Å²) in [7, 11) is 0. The molecule has 0 atom stereocenters. The van der Waals surface area contributed by atoms with Gasteiger partial charge in [-0.25, -0.2) is 8.78 Å². The van der Waals surface area contributed by atoms with Gasteiger partial charge in [0, 0.05) is 6.20 Å². The molecule has 4 N–H and O–H groups in total. The fraction of sp³-hybridized carbons (Fsp3) is 0.500. The van der Waals surface area contributed by atoms with Crippen LogP contribution in [0.25, 0.3) is 0 Å². The Morgan fingerprint density at radius 1 is 1.25 bits per heavy atom. The first-order valence-corrected chi connectivity index (χ1v) is 2.26. The third-order valence-electron chi connectivity index (χ3n) is 0.839. The number of hydrogen-bond donors (Lipinski definition) is 2. The van der Waals surface area contributed by atoms with E-state index in [0.717, 1.165) is 0 Å². The molecule has 0 heterocycles. The molecule has 76 valence electrons. The van der Waals surface area contributed by atoms with Crippen molar-refractivity contribution in [3.05, 3.63) is 11.9 Å². The molecule has 0 aliphatic rings. The molecule has 0 aromatic heterocycles. The van der Waals surface area contributed by atoms with E-state index in [1.807, 2.05) is 0 Å². The molecule has 12 heavy (non-hydrogen) atoms. The SMILES string of the molecule is Cl.Cl.N/C=C(\N)C(F)(F)C(F)F. The van der Waals surface area contributed by atoms with Gasteiger partial charge in [0.2, 0.25) is 0 Å². The van der Waals surface area contributed by atoms with Crippen molar-refractivity contribution >= 4 is 24.8 Å². The second-order valence-electron chi connectivity index (χ2n) is 1.55. The predicted octanol–water partition coefficient (Wildman–Crippen LogP) is 1.49. The summed E-state index contributed by atoms with van der Waals surface area (Å²) in [5.41, 5.74) is 7.64. The summed E-state index contributed by atoms with van der Waals surface area (Å²) in [6.07, 6.45) is -3.56. The molecule has 0 saturated heterocycles. The molecule has 0 unspecified atom stereocenters. The van der Waals surface area contributed by atoms with Crippen molar-refractivity contribution in [2.45, 2.75) is 12.3 Å². The lowest BCUT2D eigenvalue weighted by atomic mass is 10.3. The minimum absolute atomic E-state index is 0. The van der Waals surface area contributed by atoms with Crippen LogP contribution in [-0.2, 0) is 0 Å². The Balaban J connectivity index is -0.000000405. The lowest BCUT2D eigenvalue weighted by molar-refractivity contribution is -0.100. The summed E-state index contributed by atoms with van der Waals surface area (Å²) in [5, 5.41) is 0. The standard InChI is InChI=1S/C4H6F4N2.2ClH/c5-3(6)4(7,8)2(10)1-9;;/h1,3H,9-10H2;2*1H/b2-1-;;. The number of rotatable bonds is 2. The van der Waals surface area contributed by atoms with Crippen LogP contribution in [0.4, 0.5) is 17.6 Å². The van der Waals surface area contributed by atoms with Gasteiger partial charge in [0.25, 0.3) is 0 Å². The minimum atomic E-state index is -4.31. The van der Waals surface area contributed by atoms with Gasteiger partial charge in [-0.3, -0.25) is 0 Å².